The molecule has 0 radical (unpaired) electrons. The van der Waals surface area contributed by atoms with Crippen LogP contribution in [0.5, 0.6) is 5.75 Å². The monoisotopic (exact) mass is 347 g/mol. The van der Waals surface area contributed by atoms with Gasteiger partial charge < -0.3 is 10.1 Å². The fourth-order valence-corrected chi connectivity index (χ4v) is 3.55. The number of carbonyl (C=O) groups is 2. The van der Waals surface area contributed by atoms with Crippen molar-refractivity contribution in [1.29, 1.82) is 5.26 Å². The molecule has 2 aliphatic rings. The third-order valence-corrected chi connectivity index (χ3v) is 4.90. The van der Waals surface area contributed by atoms with Crippen molar-refractivity contribution >= 4 is 11.9 Å². The molecule has 0 bridgehead atoms. The minimum absolute atomic E-state index is 0.197. The molecule has 26 heavy (non-hydrogen) atoms. The molecule has 0 aliphatic carbocycles. The number of nitrogens with one attached hydrogen (secondary N) is 1. The van der Waals surface area contributed by atoms with E-state index in [0.29, 0.717) is 30.8 Å². The molecule has 2 aliphatic heterocycles. The number of amides is 3. The normalized spacial score (nSPS) is 21.1. The van der Waals surface area contributed by atoms with Crippen molar-refractivity contribution in [1.82, 2.24) is 10.2 Å². The highest BCUT2D eigenvalue weighted by Crippen LogP contribution is 2.41. The van der Waals surface area contributed by atoms with Gasteiger partial charge in [0.05, 0.1) is 25.6 Å². The van der Waals surface area contributed by atoms with Crippen LogP contribution in [0.25, 0.3) is 0 Å². The second-order valence-electron chi connectivity index (χ2n) is 6.47. The predicted octanol–water partition coefficient (Wildman–Crippen LogP) is 2.48. The average Bonchev–Trinajstić information content (AvgIpc) is 2.89. The van der Waals surface area contributed by atoms with Crippen LogP contribution in [0.1, 0.15) is 23.1 Å². The first kappa shape index (κ1) is 16.2. The number of benzene rings is 2. The number of nitriles is 1. The molecule has 1 N–H and O–H groups in total. The van der Waals surface area contributed by atoms with E-state index in [1.807, 2.05) is 48.5 Å². The highest BCUT2D eigenvalue weighted by atomic mass is 16.5. The molecule has 1 saturated heterocycles. The molecule has 1 fully saturated rings. The zero-order valence-electron chi connectivity index (χ0n) is 14.1. The van der Waals surface area contributed by atoms with Gasteiger partial charge in [-0.2, -0.15) is 5.26 Å². The number of carbonyl (C=O) groups excluding carboxylic acids is 2. The van der Waals surface area contributed by atoms with Crippen molar-refractivity contribution in [3.05, 3.63) is 65.2 Å². The molecule has 1 spiro atoms. The zero-order chi connectivity index (χ0) is 18.1. The third-order valence-electron chi connectivity index (χ3n) is 4.90. The van der Waals surface area contributed by atoms with E-state index in [0.717, 1.165) is 11.1 Å². The molecule has 2 heterocycles. The first-order valence-electron chi connectivity index (χ1n) is 8.45. The maximum Gasteiger partial charge on any atom is 0.325 e. The highest BCUT2D eigenvalue weighted by molar-refractivity contribution is 6.07. The Morgan fingerprint density at radius 3 is 2.62 bits per heavy atom. The maximum atomic E-state index is 13.2. The third kappa shape index (κ3) is 2.49. The Balaban J connectivity index is 1.62. The number of nitrogens with zero attached hydrogens (tertiary/aromatic N) is 2. The summed E-state index contributed by atoms with van der Waals surface area (Å²) in [6.45, 7) is 0.571. The van der Waals surface area contributed by atoms with Crippen LogP contribution in [0.4, 0.5) is 4.79 Å². The smallest absolute Gasteiger partial charge is 0.325 e. The summed E-state index contributed by atoms with van der Waals surface area (Å²) >= 11 is 0. The summed E-state index contributed by atoms with van der Waals surface area (Å²) in [5, 5.41) is 11.6. The largest absolute Gasteiger partial charge is 0.493 e. The van der Waals surface area contributed by atoms with Gasteiger partial charge in [0.25, 0.3) is 5.91 Å². The first-order chi connectivity index (χ1) is 12.6. The number of rotatable bonds is 3. The molecule has 6 nitrogen and oxygen atoms in total. The number of hydrogen-bond acceptors (Lipinski definition) is 4. The first-order valence-corrected chi connectivity index (χ1v) is 8.45. The minimum atomic E-state index is -1.05. The van der Waals surface area contributed by atoms with Crippen molar-refractivity contribution in [2.45, 2.75) is 24.9 Å². The molecular weight excluding hydrogens is 330 g/mol. The van der Waals surface area contributed by atoms with Crippen LogP contribution in [0.2, 0.25) is 0 Å². The van der Waals surface area contributed by atoms with E-state index in [-0.39, 0.29) is 12.5 Å². The lowest BCUT2D eigenvalue weighted by Gasteiger charge is -2.33. The van der Waals surface area contributed by atoms with Crippen LogP contribution < -0.4 is 10.1 Å². The SMILES string of the molecule is N#CCc1ccc(CN2C(=O)NC3(CCOc4ccccc43)C2=O)cc1. The molecule has 6 heteroatoms. The molecule has 1 atom stereocenters. The number of ether oxygens (including phenoxy) is 1. The van der Waals surface area contributed by atoms with Gasteiger partial charge in [-0.25, -0.2) is 4.79 Å². The van der Waals surface area contributed by atoms with Crippen LogP contribution >= 0.6 is 0 Å². The van der Waals surface area contributed by atoms with Gasteiger partial charge in [0.2, 0.25) is 0 Å². The second-order valence-corrected chi connectivity index (χ2v) is 6.47. The van der Waals surface area contributed by atoms with Crippen LogP contribution in [-0.4, -0.2) is 23.4 Å². The fraction of sp³-hybridized carbons (Fsp3) is 0.250. The Labute approximate surface area is 151 Å². The van der Waals surface area contributed by atoms with Gasteiger partial charge in [0, 0.05) is 12.0 Å². The lowest BCUT2D eigenvalue weighted by Crippen LogP contribution is -2.47. The van der Waals surface area contributed by atoms with Crippen molar-refractivity contribution in [2.24, 2.45) is 0 Å². The summed E-state index contributed by atoms with van der Waals surface area (Å²) in [7, 11) is 0. The number of imide groups is 1. The lowest BCUT2D eigenvalue weighted by molar-refractivity contribution is -0.133. The van der Waals surface area contributed by atoms with Crippen molar-refractivity contribution in [3.8, 4) is 11.8 Å². The van der Waals surface area contributed by atoms with Crippen molar-refractivity contribution in [3.63, 3.8) is 0 Å². The van der Waals surface area contributed by atoms with Gasteiger partial charge in [-0.3, -0.25) is 9.69 Å². The lowest BCUT2D eigenvalue weighted by atomic mass is 9.84. The van der Waals surface area contributed by atoms with Crippen molar-refractivity contribution in [2.75, 3.05) is 6.61 Å². The molecular formula is C20H17N3O3. The van der Waals surface area contributed by atoms with E-state index >= 15 is 0 Å². The maximum absolute atomic E-state index is 13.2. The summed E-state index contributed by atoms with van der Waals surface area (Å²) in [6, 6.07) is 16.4. The molecule has 0 saturated carbocycles. The molecule has 3 amide bonds. The van der Waals surface area contributed by atoms with E-state index in [2.05, 4.69) is 11.4 Å². The van der Waals surface area contributed by atoms with E-state index < -0.39 is 11.6 Å². The molecule has 2 aromatic carbocycles. The van der Waals surface area contributed by atoms with E-state index in [1.165, 1.54) is 4.90 Å². The summed E-state index contributed by atoms with van der Waals surface area (Å²) < 4.78 is 5.64. The summed E-state index contributed by atoms with van der Waals surface area (Å²) in [6.07, 6.45) is 0.746. The van der Waals surface area contributed by atoms with Gasteiger partial charge >= 0.3 is 6.03 Å². The quantitative estimate of drug-likeness (QED) is 0.865. The van der Waals surface area contributed by atoms with E-state index in [1.54, 1.807) is 0 Å². The van der Waals surface area contributed by atoms with Crippen LogP contribution in [0.15, 0.2) is 48.5 Å². The van der Waals surface area contributed by atoms with E-state index in [4.69, 9.17) is 10.00 Å². The Bertz CT molecular complexity index is 917. The van der Waals surface area contributed by atoms with Crippen LogP contribution in [0, 0.1) is 11.3 Å². The number of fused-ring (bicyclic) bond motifs is 2. The summed E-state index contributed by atoms with van der Waals surface area (Å²) in [5.74, 6) is 0.384. The van der Waals surface area contributed by atoms with Crippen LogP contribution in [0.3, 0.4) is 0 Å². The van der Waals surface area contributed by atoms with Gasteiger partial charge in [-0.1, -0.05) is 42.5 Å². The molecule has 1 unspecified atom stereocenters. The number of para-hydroxylation sites is 1. The second kappa shape index (κ2) is 6.19. The molecule has 0 aromatic heterocycles. The highest BCUT2D eigenvalue weighted by Gasteiger charge is 2.54. The molecule has 130 valence electrons. The van der Waals surface area contributed by atoms with Gasteiger partial charge in [0.1, 0.15) is 5.75 Å². The average molecular weight is 347 g/mol. The Morgan fingerprint density at radius 2 is 1.85 bits per heavy atom. The predicted molar refractivity (Wildman–Crippen MR) is 93.1 cm³/mol. The van der Waals surface area contributed by atoms with Crippen LogP contribution in [-0.2, 0) is 23.3 Å². The zero-order valence-corrected chi connectivity index (χ0v) is 14.1. The Hall–Kier alpha value is -3.33. The van der Waals surface area contributed by atoms with Gasteiger partial charge in [0.15, 0.2) is 5.54 Å². The Morgan fingerprint density at radius 1 is 1.12 bits per heavy atom. The summed E-state index contributed by atoms with van der Waals surface area (Å²) in [4.78, 5) is 27.0. The fourth-order valence-electron chi connectivity index (χ4n) is 3.55. The summed E-state index contributed by atoms with van der Waals surface area (Å²) in [5.41, 5.74) is 1.40. The molecule has 4 rings (SSSR count). The van der Waals surface area contributed by atoms with E-state index in [9.17, 15) is 9.59 Å². The minimum Gasteiger partial charge on any atom is -0.493 e. The topological polar surface area (TPSA) is 82.4 Å². The number of urea groups is 1. The van der Waals surface area contributed by atoms with Crippen molar-refractivity contribution < 1.29 is 14.3 Å². The Kier molecular flexibility index (Phi) is 3.85. The standard InChI is InChI=1S/C20H17N3O3/c21-11-9-14-5-7-15(8-6-14)13-23-18(24)20(22-19(23)25)10-12-26-17-4-2-1-3-16(17)20/h1-8H,9-10,12-13H2,(H,22,25). The number of hydrogen-bond donors (Lipinski definition) is 1. The van der Waals surface area contributed by atoms with Gasteiger partial charge in [-0.15, -0.1) is 0 Å². The molecule has 2 aromatic rings. The van der Waals surface area contributed by atoms with Gasteiger partial charge in [-0.05, 0) is 17.2 Å².